The smallest absolute Gasteiger partial charge is 0.296 e. The van der Waals surface area contributed by atoms with Gasteiger partial charge in [0.05, 0.1) is 11.5 Å². The molecule has 0 atom stereocenters. The Kier molecular flexibility index (Phi) is 7.05. The fourth-order valence-corrected chi connectivity index (χ4v) is 2.37. The van der Waals surface area contributed by atoms with Gasteiger partial charge in [-0.15, -0.1) is 0 Å². The molecular weight excluding hydrogens is 264 g/mol. The molecule has 5 heteroatoms. The maximum absolute atomic E-state index is 11.7. The Balaban J connectivity index is 2.19. The van der Waals surface area contributed by atoms with Crippen LogP contribution in [0.3, 0.4) is 0 Å². The van der Waals surface area contributed by atoms with Crippen LogP contribution in [0.1, 0.15) is 26.7 Å². The first-order valence-corrected chi connectivity index (χ1v) is 7.95. The Labute approximate surface area is 115 Å². The zero-order chi connectivity index (χ0) is 14.1. The summed E-state index contributed by atoms with van der Waals surface area (Å²) in [5.41, 5.74) is 0. The van der Waals surface area contributed by atoms with Crippen LogP contribution in [-0.4, -0.2) is 28.2 Å². The van der Waals surface area contributed by atoms with Crippen molar-refractivity contribution in [2.45, 2.75) is 31.6 Å². The van der Waals surface area contributed by atoms with Gasteiger partial charge in [-0.05, 0) is 30.9 Å². The average molecular weight is 286 g/mol. The normalized spacial score (nSPS) is 11.9. The van der Waals surface area contributed by atoms with Crippen molar-refractivity contribution < 1.29 is 17.3 Å². The molecule has 0 aromatic heterocycles. The Bertz CT molecular complexity index is 440. The topological polar surface area (TPSA) is 52.6 Å². The van der Waals surface area contributed by atoms with E-state index in [4.69, 9.17) is 8.92 Å². The van der Waals surface area contributed by atoms with E-state index >= 15 is 0 Å². The van der Waals surface area contributed by atoms with E-state index in [9.17, 15) is 8.42 Å². The molecule has 1 aromatic carbocycles. The molecule has 1 aromatic rings. The monoisotopic (exact) mass is 286 g/mol. The molecule has 4 nitrogen and oxygen atoms in total. The van der Waals surface area contributed by atoms with E-state index in [0.29, 0.717) is 25.6 Å². The zero-order valence-corrected chi connectivity index (χ0v) is 12.4. The third-order valence-corrected chi connectivity index (χ3v) is 3.87. The molecule has 108 valence electrons. The Morgan fingerprint density at radius 3 is 2.37 bits per heavy atom. The molecule has 0 aliphatic rings. The van der Waals surface area contributed by atoms with Crippen LogP contribution in [0.5, 0.6) is 0 Å². The summed E-state index contributed by atoms with van der Waals surface area (Å²) in [7, 11) is -3.62. The average Bonchev–Trinajstić information content (AvgIpc) is 2.38. The minimum atomic E-state index is -3.62. The molecule has 0 fully saturated rings. The molecular formula is C14H22O4S. The Hall–Kier alpha value is -0.910. The van der Waals surface area contributed by atoms with Gasteiger partial charge in [-0.25, -0.2) is 0 Å². The second-order valence-electron chi connectivity index (χ2n) is 4.74. The van der Waals surface area contributed by atoms with Crippen molar-refractivity contribution in [3.63, 3.8) is 0 Å². The van der Waals surface area contributed by atoms with Gasteiger partial charge >= 0.3 is 0 Å². The van der Waals surface area contributed by atoms with E-state index < -0.39 is 10.1 Å². The molecule has 0 aliphatic carbocycles. The molecule has 0 aliphatic heterocycles. The van der Waals surface area contributed by atoms with Crippen molar-refractivity contribution in [1.82, 2.24) is 0 Å². The number of ether oxygens (including phenoxy) is 1. The summed E-state index contributed by atoms with van der Waals surface area (Å²) in [5.74, 6) is 0.620. The van der Waals surface area contributed by atoms with Crippen molar-refractivity contribution in [3.8, 4) is 0 Å². The maximum atomic E-state index is 11.7. The SMILES string of the molecule is CC(C)CCOCCCOS(=O)(=O)c1ccccc1. The van der Waals surface area contributed by atoms with Crippen LogP contribution in [-0.2, 0) is 19.0 Å². The van der Waals surface area contributed by atoms with Gasteiger partial charge in [0, 0.05) is 13.2 Å². The maximum Gasteiger partial charge on any atom is 0.296 e. The van der Waals surface area contributed by atoms with Crippen molar-refractivity contribution in [1.29, 1.82) is 0 Å². The standard InChI is InChI=1S/C14H22O4S/c1-13(2)9-12-17-10-6-11-18-19(15,16)14-7-4-3-5-8-14/h3-5,7-8,13H,6,9-12H2,1-2H3. The van der Waals surface area contributed by atoms with Crippen molar-refractivity contribution >= 4 is 10.1 Å². The molecule has 0 amide bonds. The van der Waals surface area contributed by atoms with E-state index in [-0.39, 0.29) is 11.5 Å². The first-order valence-electron chi connectivity index (χ1n) is 6.54. The molecule has 1 rings (SSSR count). The molecule has 0 saturated carbocycles. The zero-order valence-electron chi connectivity index (χ0n) is 11.5. The van der Waals surface area contributed by atoms with Crippen LogP contribution < -0.4 is 0 Å². The molecule has 0 spiro atoms. The van der Waals surface area contributed by atoms with E-state index in [1.165, 1.54) is 12.1 Å². The minimum Gasteiger partial charge on any atom is -0.381 e. The van der Waals surface area contributed by atoms with E-state index in [1.54, 1.807) is 18.2 Å². The van der Waals surface area contributed by atoms with Gasteiger partial charge in [-0.3, -0.25) is 4.18 Å². The van der Waals surface area contributed by atoms with Gasteiger partial charge in [0.15, 0.2) is 0 Å². The summed E-state index contributed by atoms with van der Waals surface area (Å²) in [6.45, 7) is 5.66. The highest BCUT2D eigenvalue weighted by atomic mass is 32.2. The molecule has 0 heterocycles. The van der Waals surface area contributed by atoms with Crippen molar-refractivity contribution in [2.24, 2.45) is 5.92 Å². The van der Waals surface area contributed by atoms with Crippen LogP contribution in [0.25, 0.3) is 0 Å². The Morgan fingerprint density at radius 1 is 1.05 bits per heavy atom. The fourth-order valence-electron chi connectivity index (χ4n) is 1.41. The number of rotatable bonds is 9. The summed E-state index contributed by atoms with van der Waals surface area (Å²) in [6, 6.07) is 8.15. The molecule has 0 saturated heterocycles. The van der Waals surface area contributed by atoms with E-state index in [2.05, 4.69) is 13.8 Å². The molecule has 0 bridgehead atoms. The van der Waals surface area contributed by atoms with Crippen LogP contribution >= 0.6 is 0 Å². The second-order valence-corrected chi connectivity index (χ2v) is 6.35. The van der Waals surface area contributed by atoms with Gasteiger partial charge in [0.1, 0.15) is 0 Å². The van der Waals surface area contributed by atoms with E-state index in [0.717, 1.165) is 6.42 Å². The van der Waals surface area contributed by atoms with Crippen LogP contribution in [0.4, 0.5) is 0 Å². The number of benzene rings is 1. The Morgan fingerprint density at radius 2 is 1.74 bits per heavy atom. The number of hydrogen-bond donors (Lipinski definition) is 0. The lowest BCUT2D eigenvalue weighted by atomic mass is 10.1. The fraction of sp³-hybridized carbons (Fsp3) is 0.571. The molecule has 0 unspecified atom stereocenters. The van der Waals surface area contributed by atoms with Gasteiger partial charge in [-0.1, -0.05) is 32.0 Å². The highest BCUT2D eigenvalue weighted by molar-refractivity contribution is 7.86. The molecule has 0 N–H and O–H groups in total. The third-order valence-electron chi connectivity index (χ3n) is 2.54. The summed E-state index contributed by atoms with van der Waals surface area (Å²) in [6.07, 6.45) is 1.59. The lowest BCUT2D eigenvalue weighted by Gasteiger charge is -2.07. The van der Waals surface area contributed by atoms with Crippen LogP contribution in [0.2, 0.25) is 0 Å². The predicted molar refractivity (Wildman–Crippen MR) is 74.5 cm³/mol. The van der Waals surface area contributed by atoms with Gasteiger partial charge in [-0.2, -0.15) is 8.42 Å². The lowest BCUT2D eigenvalue weighted by molar-refractivity contribution is 0.111. The van der Waals surface area contributed by atoms with Gasteiger partial charge < -0.3 is 4.74 Å². The molecule has 19 heavy (non-hydrogen) atoms. The summed E-state index contributed by atoms with van der Waals surface area (Å²) >= 11 is 0. The third kappa shape index (κ3) is 6.71. The summed E-state index contributed by atoms with van der Waals surface area (Å²) < 4.78 is 33.8. The van der Waals surface area contributed by atoms with Crippen LogP contribution in [0, 0.1) is 5.92 Å². The van der Waals surface area contributed by atoms with Crippen molar-refractivity contribution in [2.75, 3.05) is 19.8 Å². The quantitative estimate of drug-likeness (QED) is 0.517. The first-order chi connectivity index (χ1) is 9.02. The van der Waals surface area contributed by atoms with E-state index in [1.807, 2.05) is 0 Å². The summed E-state index contributed by atoms with van der Waals surface area (Å²) in [5, 5.41) is 0. The summed E-state index contributed by atoms with van der Waals surface area (Å²) in [4.78, 5) is 0.190. The lowest BCUT2D eigenvalue weighted by Crippen LogP contribution is -2.09. The highest BCUT2D eigenvalue weighted by Gasteiger charge is 2.13. The second kappa shape index (κ2) is 8.30. The minimum absolute atomic E-state index is 0.152. The predicted octanol–water partition coefficient (Wildman–Crippen LogP) is 2.84. The molecule has 0 radical (unpaired) electrons. The van der Waals surface area contributed by atoms with Gasteiger partial charge in [0.25, 0.3) is 10.1 Å². The van der Waals surface area contributed by atoms with Gasteiger partial charge in [0.2, 0.25) is 0 Å². The van der Waals surface area contributed by atoms with Crippen LogP contribution in [0.15, 0.2) is 35.2 Å². The first kappa shape index (κ1) is 16.1. The number of hydrogen-bond acceptors (Lipinski definition) is 4. The van der Waals surface area contributed by atoms with Crippen molar-refractivity contribution in [3.05, 3.63) is 30.3 Å². The highest BCUT2D eigenvalue weighted by Crippen LogP contribution is 2.11. The largest absolute Gasteiger partial charge is 0.381 e.